The molecule has 7 heteroatoms. The molecule has 0 aromatic heterocycles. The van der Waals surface area contributed by atoms with Gasteiger partial charge >= 0.3 is 259 Å². The summed E-state index contributed by atoms with van der Waals surface area (Å²) >= 11 is -2.73. The van der Waals surface area contributed by atoms with Crippen LogP contribution in [-0.2, 0) is 3.37 Å². The van der Waals surface area contributed by atoms with Gasteiger partial charge in [-0.15, -0.1) is 0 Å². The Morgan fingerprint density at radius 2 is 1.07 bits per heavy atom. The van der Waals surface area contributed by atoms with Crippen LogP contribution in [0, 0.1) is 10.2 Å². The molecule has 0 radical (unpaired) electrons. The van der Waals surface area contributed by atoms with Gasteiger partial charge in [0.2, 0.25) is 0 Å². The first-order valence-electron chi connectivity index (χ1n) is 14.3. The Bertz CT molecular complexity index is 1830. The molecule has 45 heavy (non-hydrogen) atoms. The standard InChI is InChI=1S/C38H30ClNO4Se/c1-40-35(31-17-6-2-7-18-31)25-29(26-36(40)32-19-8-3-9-20-32)15-14-16-30-27-37(33-21-10-4-11-22-33)45(44-39(41,42)43)38(28-30)34-23-12-5-13-24-34/h2-28H,1H3/b16-14+. The van der Waals surface area contributed by atoms with Crippen molar-refractivity contribution >= 4 is 34.1 Å². The second-order valence-electron chi connectivity index (χ2n) is 10.3. The van der Waals surface area contributed by atoms with Crippen molar-refractivity contribution in [3.63, 3.8) is 0 Å². The van der Waals surface area contributed by atoms with E-state index in [1.54, 1.807) is 0 Å². The summed E-state index contributed by atoms with van der Waals surface area (Å²) < 4.78 is 42.4. The number of rotatable bonds is 8. The molecule has 1 unspecified atom stereocenters. The van der Waals surface area contributed by atoms with E-state index in [0.717, 1.165) is 44.8 Å². The van der Waals surface area contributed by atoms with Crippen LogP contribution in [0.5, 0.6) is 0 Å². The zero-order chi connectivity index (χ0) is 31.2. The first kappa shape index (κ1) is 30.7. The Morgan fingerprint density at radius 1 is 0.600 bits per heavy atom. The fourth-order valence-corrected chi connectivity index (χ4v) is 10.3. The summed E-state index contributed by atoms with van der Waals surface area (Å²) in [6, 6.07) is 39.6. The summed E-state index contributed by atoms with van der Waals surface area (Å²) in [5, 5.41) is 0. The fraction of sp³-hybridized carbons (Fsp3) is 0.0263. The first-order chi connectivity index (χ1) is 21.9. The molecule has 5 nitrogen and oxygen atoms in total. The topological polar surface area (TPSA) is 81.7 Å². The van der Waals surface area contributed by atoms with Crippen molar-refractivity contribution in [3.8, 4) is 0 Å². The van der Waals surface area contributed by atoms with Gasteiger partial charge in [0, 0.05) is 0 Å². The van der Waals surface area contributed by atoms with Crippen LogP contribution < -0.4 is 14.0 Å². The van der Waals surface area contributed by atoms with Gasteiger partial charge in [-0.25, -0.2) is 0 Å². The summed E-state index contributed by atoms with van der Waals surface area (Å²) in [4.78, 5) is 2.21. The van der Waals surface area contributed by atoms with Crippen molar-refractivity contribution in [3.05, 3.63) is 197 Å². The van der Waals surface area contributed by atoms with E-state index in [2.05, 4.69) is 54.4 Å². The molecule has 0 aliphatic carbocycles. The third kappa shape index (κ3) is 7.48. The molecule has 0 fully saturated rings. The SMILES string of the molecule is CN1C(c2ccccc2)=CC(=C/C=C/C2=CC(c3ccccc3)=[Se](O[Cl+3]([O-])([O-])[O-])C(c3ccccc3)=C2)C=C1c1ccccc1. The van der Waals surface area contributed by atoms with Gasteiger partial charge in [-0.3, -0.25) is 0 Å². The molecule has 0 saturated heterocycles. The van der Waals surface area contributed by atoms with E-state index in [1.165, 1.54) is 0 Å². The molecular weight excluding hydrogens is 649 g/mol. The number of allylic oxidation sites excluding steroid dienone is 9. The summed E-state index contributed by atoms with van der Waals surface area (Å²) in [6.07, 6.45) is 14.2. The maximum absolute atomic E-state index is 11.9. The Labute approximate surface area is 269 Å². The summed E-state index contributed by atoms with van der Waals surface area (Å²) in [7, 11) is -2.55. The molecule has 0 spiro atoms. The number of hydrogen-bond donors (Lipinski definition) is 0. The van der Waals surface area contributed by atoms with Gasteiger partial charge in [-0.1, -0.05) is 12.1 Å². The Morgan fingerprint density at radius 3 is 1.56 bits per heavy atom. The minimum absolute atomic E-state index is 0.702. The van der Waals surface area contributed by atoms with Gasteiger partial charge in [0.05, 0.1) is 0 Å². The van der Waals surface area contributed by atoms with E-state index >= 15 is 0 Å². The zero-order valence-corrected chi connectivity index (χ0v) is 26.9. The molecule has 0 bridgehead atoms. The van der Waals surface area contributed by atoms with E-state index in [0.29, 0.717) is 8.89 Å². The molecule has 0 amide bonds. The van der Waals surface area contributed by atoms with Crippen molar-refractivity contribution in [2.45, 2.75) is 0 Å². The first-order valence-corrected chi connectivity index (χ1v) is 17.9. The number of hydrogen-bond acceptors (Lipinski definition) is 5. The third-order valence-corrected chi connectivity index (χ3v) is 12.5. The predicted octanol–water partition coefficient (Wildman–Crippen LogP) is 4.77. The number of halogens is 1. The molecule has 0 saturated carbocycles. The van der Waals surface area contributed by atoms with Crippen molar-refractivity contribution in [2.75, 3.05) is 7.05 Å². The van der Waals surface area contributed by atoms with Crippen LogP contribution in [-0.4, -0.2) is 30.2 Å². The summed E-state index contributed by atoms with van der Waals surface area (Å²) in [6.45, 7) is 0. The van der Waals surface area contributed by atoms with Gasteiger partial charge in [-0.2, -0.15) is 0 Å². The molecule has 4 aromatic carbocycles. The Hall–Kier alpha value is -4.36. The fourth-order valence-electron chi connectivity index (χ4n) is 5.22. The second kappa shape index (κ2) is 13.7. The predicted molar refractivity (Wildman–Crippen MR) is 174 cm³/mol. The van der Waals surface area contributed by atoms with Crippen LogP contribution in [0.3, 0.4) is 0 Å². The number of nitrogens with zero attached hydrogens (tertiary/aromatic N) is 1. The quantitative estimate of drug-likeness (QED) is 0.251. The molecule has 2 heterocycles. The van der Waals surface area contributed by atoms with Crippen LogP contribution in [0.25, 0.3) is 15.9 Å². The zero-order valence-electron chi connectivity index (χ0n) is 24.5. The Kier molecular flexibility index (Phi) is 9.36. The van der Waals surface area contributed by atoms with E-state index in [1.807, 2.05) is 121 Å². The molecule has 6 rings (SSSR count). The third-order valence-electron chi connectivity index (χ3n) is 7.30. The van der Waals surface area contributed by atoms with Crippen LogP contribution in [0.4, 0.5) is 0 Å². The van der Waals surface area contributed by atoms with Crippen LogP contribution >= 0.6 is 0 Å². The van der Waals surface area contributed by atoms with Gasteiger partial charge in [0.1, 0.15) is 0 Å². The summed E-state index contributed by atoms with van der Waals surface area (Å²) in [5.41, 5.74) is 7.93. The monoisotopic (exact) mass is 679 g/mol. The number of benzene rings is 4. The normalized spacial score (nSPS) is 17.1. The molecule has 4 aromatic rings. The molecule has 224 valence electrons. The molecular formula is C38H30ClNO4Se. The van der Waals surface area contributed by atoms with Gasteiger partial charge in [-0.05, 0) is 0 Å². The minimum atomic E-state index is -4.63. The van der Waals surface area contributed by atoms with E-state index in [4.69, 9.17) is 3.37 Å². The van der Waals surface area contributed by atoms with E-state index in [9.17, 15) is 14.0 Å². The molecule has 0 N–H and O–H groups in total. The van der Waals surface area contributed by atoms with Crippen LogP contribution in [0.15, 0.2) is 175 Å². The molecule has 1 atom stereocenters. The van der Waals surface area contributed by atoms with Crippen LogP contribution in [0.1, 0.15) is 22.3 Å². The maximum atomic E-state index is 11.9. The second-order valence-corrected chi connectivity index (χ2v) is 15.0. The average Bonchev–Trinajstić information content (AvgIpc) is 3.07. The van der Waals surface area contributed by atoms with E-state index in [-0.39, 0.29) is 0 Å². The van der Waals surface area contributed by atoms with Crippen molar-refractivity contribution in [1.82, 2.24) is 4.90 Å². The summed E-state index contributed by atoms with van der Waals surface area (Å²) in [5.74, 6) is 0. The van der Waals surface area contributed by atoms with E-state index < -0.39 is 24.0 Å². The van der Waals surface area contributed by atoms with Gasteiger partial charge in [0.15, 0.2) is 0 Å². The average molecular weight is 679 g/mol. The molecule has 2 aliphatic rings. The molecule has 2 aliphatic heterocycles. The Balaban J connectivity index is 1.44. The van der Waals surface area contributed by atoms with Gasteiger partial charge in [0.25, 0.3) is 0 Å². The van der Waals surface area contributed by atoms with Crippen molar-refractivity contribution in [1.29, 1.82) is 0 Å². The van der Waals surface area contributed by atoms with Crippen molar-refractivity contribution < 1.29 is 27.6 Å². The van der Waals surface area contributed by atoms with Crippen LogP contribution in [0.2, 0.25) is 0 Å². The van der Waals surface area contributed by atoms with Crippen molar-refractivity contribution in [2.24, 2.45) is 0 Å². The van der Waals surface area contributed by atoms with Gasteiger partial charge < -0.3 is 0 Å².